The third kappa shape index (κ3) is 7.88. The van der Waals surface area contributed by atoms with Gasteiger partial charge in [0.2, 0.25) is 11.8 Å². The van der Waals surface area contributed by atoms with E-state index in [0.717, 1.165) is 19.3 Å². The number of methoxy groups -OCH3 is 1. The van der Waals surface area contributed by atoms with Crippen LogP contribution in [-0.4, -0.2) is 90.7 Å². The fourth-order valence-corrected chi connectivity index (χ4v) is 7.55. The van der Waals surface area contributed by atoms with Crippen molar-refractivity contribution in [1.29, 1.82) is 0 Å². The largest absolute Gasteiger partial charge is 0.495 e. The summed E-state index contributed by atoms with van der Waals surface area (Å²) >= 11 is 7.87. The molecule has 0 spiro atoms. The summed E-state index contributed by atoms with van der Waals surface area (Å²) < 4.78 is 10.8. The van der Waals surface area contributed by atoms with E-state index >= 15 is 0 Å². The van der Waals surface area contributed by atoms with E-state index < -0.39 is 53.1 Å². The summed E-state index contributed by atoms with van der Waals surface area (Å²) in [5.74, 6) is -2.06. The van der Waals surface area contributed by atoms with Crippen molar-refractivity contribution in [2.24, 2.45) is 5.92 Å². The molecule has 4 unspecified atom stereocenters. The molecule has 1 saturated carbocycles. The molecule has 4 heterocycles. The lowest BCUT2D eigenvalue weighted by Crippen LogP contribution is -2.56. The molecular formula is C35H42ClN7O7S. The second-order valence-electron chi connectivity index (χ2n) is 14.1. The minimum absolute atomic E-state index is 0.0294. The quantitative estimate of drug-likeness (QED) is 0.283. The first-order chi connectivity index (χ1) is 24.3. The third-order valence-corrected chi connectivity index (χ3v) is 10.4. The number of hydrogen-bond donors (Lipinski definition) is 3. The lowest BCUT2D eigenvalue weighted by molar-refractivity contribution is -0.145. The Balaban J connectivity index is 1.37. The van der Waals surface area contributed by atoms with Crippen LogP contribution in [0.15, 0.2) is 41.9 Å². The number of ether oxygens (including phenoxy) is 2. The van der Waals surface area contributed by atoms with Crippen LogP contribution in [0.4, 0.5) is 4.79 Å². The third-order valence-electron chi connectivity index (χ3n) is 9.34. The summed E-state index contributed by atoms with van der Waals surface area (Å²) in [7, 11) is 1.53. The summed E-state index contributed by atoms with van der Waals surface area (Å²) in [6.45, 7) is 5.23. The maximum Gasteiger partial charge on any atom is 0.408 e. The summed E-state index contributed by atoms with van der Waals surface area (Å²) in [5.41, 5.74) is -0.599. The highest BCUT2D eigenvalue weighted by Crippen LogP contribution is 2.46. The van der Waals surface area contributed by atoms with Crippen LogP contribution in [0.1, 0.15) is 71.8 Å². The van der Waals surface area contributed by atoms with Gasteiger partial charge in [-0.25, -0.2) is 14.6 Å². The van der Waals surface area contributed by atoms with Crippen molar-refractivity contribution in [3.8, 4) is 27.7 Å². The Morgan fingerprint density at radius 2 is 1.94 bits per heavy atom. The number of carbonyl (C=O) groups is 4. The average Bonchev–Trinajstić information content (AvgIpc) is 3.52. The van der Waals surface area contributed by atoms with Crippen molar-refractivity contribution >= 4 is 46.8 Å². The van der Waals surface area contributed by atoms with Gasteiger partial charge in [-0.2, -0.15) is 9.90 Å². The number of carboxylic acids is 1. The van der Waals surface area contributed by atoms with Gasteiger partial charge >= 0.3 is 12.1 Å². The molecule has 3 aliphatic rings. The number of rotatable bonds is 6. The van der Waals surface area contributed by atoms with Gasteiger partial charge in [0.25, 0.3) is 0 Å². The van der Waals surface area contributed by atoms with Gasteiger partial charge in [0.1, 0.15) is 45.4 Å². The lowest BCUT2D eigenvalue weighted by atomic mass is 10.0. The molecule has 3 aromatic rings. The van der Waals surface area contributed by atoms with Gasteiger partial charge in [0.15, 0.2) is 0 Å². The molecule has 0 bridgehead atoms. The average molecular weight is 740 g/mol. The number of nitrogens with zero attached hydrogens (tertiary/aromatic N) is 5. The van der Waals surface area contributed by atoms with Crippen LogP contribution in [0.5, 0.6) is 5.75 Å². The zero-order valence-corrected chi connectivity index (χ0v) is 30.5. The van der Waals surface area contributed by atoms with Crippen LogP contribution < -0.4 is 15.4 Å². The fourth-order valence-electron chi connectivity index (χ4n) is 6.67. The zero-order valence-electron chi connectivity index (χ0n) is 28.9. The smallest absolute Gasteiger partial charge is 0.408 e. The topological polar surface area (TPSA) is 178 Å². The Kier molecular flexibility index (Phi) is 10.4. The molecule has 0 radical (unpaired) electrons. The van der Waals surface area contributed by atoms with Crippen LogP contribution in [0.25, 0.3) is 22.0 Å². The van der Waals surface area contributed by atoms with E-state index in [1.54, 1.807) is 39.1 Å². The highest BCUT2D eigenvalue weighted by atomic mass is 35.5. The number of benzene rings is 1. The van der Waals surface area contributed by atoms with E-state index in [4.69, 9.17) is 31.3 Å². The Morgan fingerprint density at radius 3 is 2.63 bits per heavy atom. The SMILES string of the molecule is COc1ccc(-c2nn([C@@H]3CC4C(=O)NC5(C(=O)O)CC5/C=C\CCCCCC(NC(=O)OC(C)(C)C)C(=O)N4C3)nc2-c2nccs2)cc1Cl. The Labute approximate surface area is 304 Å². The van der Waals surface area contributed by atoms with Gasteiger partial charge in [-0.05, 0) is 64.7 Å². The fraction of sp³-hybridized carbons (Fsp3) is 0.514. The van der Waals surface area contributed by atoms with Crippen molar-refractivity contribution in [1.82, 2.24) is 35.5 Å². The highest BCUT2D eigenvalue weighted by Gasteiger charge is 2.61. The summed E-state index contributed by atoms with van der Waals surface area (Å²) in [5, 5.41) is 28.3. The standard InChI is InChI=1S/C35H42ClN7O7S/c1-34(2,3)50-33(48)38-24-11-9-7-5-6-8-10-21-18-35(21,32(46)47)39-29(44)25-17-22(19-42(25)31(24)45)43-40-27(28(41-43)30-37-14-15-51-30)20-12-13-26(49-4)23(36)16-20/h8,10,12-16,21-22,24-25H,5-7,9,11,17-19H2,1-4H3,(H,38,48)(H,39,44)(H,46,47)/b10-8-/t21?,22-,24?,25?,35?/m1/s1. The van der Waals surface area contributed by atoms with Gasteiger partial charge in [-0.3, -0.25) is 9.59 Å². The molecule has 1 aliphatic carbocycles. The second-order valence-corrected chi connectivity index (χ2v) is 15.4. The molecule has 3 amide bonds. The van der Waals surface area contributed by atoms with Crippen LogP contribution in [0.3, 0.4) is 0 Å². The van der Waals surface area contributed by atoms with Crippen molar-refractivity contribution in [3.63, 3.8) is 0 Å². The van der Waals surface area contributed by atoms with Crippen LogP contribution in [0, 0.1) is 5.92 Å². The number of fused-ring (bicyclic) bond motifs is 2. The number of amides is 3. The molecule has 1 aromatic carbocycles. The number of carboxylic acid groups (broad SMARTS) is 1. The van der Waals surface area contributed by atoms with E-state index in [0.29, 0.717) is 45.6 Å². The normalized spacial score (nSPS) is 26.2. The maximum absolute atomic E-state index is 14.4. The number of halogens is 1. The number of allylic oxidation sites excluding steroid dienone is 1. The van der Waals surface area contributed by atoms with E-state index in [2.05, 4.69) is 15.6 Å². The summed E-state index contributed by atoms with van der Waals surface area (Å²) in [4.78, 5) is 61.4. The first-order valence-electron chi connectivity index (χ1n) is 17.0. The van der Waals surface area contributed by atoms with Gasteiger partial charge in [-0.1, -0.05) is 36.6 Å². The minimum Gasteiger partial charge on any atom is -0.495 e. The Bertz CT molecular complexity index is 1820. The molecular weight excluding hydrogens is 698 g/mol. The number of aliphatic carboxylic acids is 1. The monoisotopic (exact) mass is 739 g/mol. The van der Waals surface area contributed by atoms with Crippen molar-refractivity contribution in [2.75, 3.05) is 13.7 Å². The minimum atomic E-state index is -1.46. The van der Waals surface area contributed by atoms with E-state index in [9.17, 15) is 24.3 Å². The molecule has 2 aliphatic heterocycles. The Hall–Kier alpha value is -4.50. The molecule has 6 rings (SSSR count). The highest BCUT2D eigenvalue weighted by molar-refractivity contribution is 7.13. The van der Waals surface area contributed by atoms with E-state index in [1.165, 1.54) is 28.1 Å². The van der Waals surface area contributed by atoms with Gasteiger partial charge in [0, 0.05) is 36.0 Å². The molecule has 272 valence electrons. The van der Waals surface area contributed by atoms with Gasteiger partial charge in [0.05, 0.1) is 18.2 Å². The molecule has 1 saturated heterocycles. The molecule has 3 N–H and O–H groups in total. The number of carbonyl (C=O) groups excluding carboxylic acids is 3. The Morgan fingerprint density at radius 1 is 1.16 bits per heavy atom. The predicted molar refractivity (Wildman–Crippen MR) is 189 cm³/mol. The van der Waals surface area contributed by atoms with Crippen molar-refractivity contribution in [3.05, 3.63) is 47.0 Å². The second kappa shape index (κ2) is 14.6. The zero-order chi connectivity index (χ0) is 36.5. The first-order valence-corrected chi connectivity index (χ1v) is 18.3. The summed E-state index contributed by atoms with van der Waals surface area (Å²) in [6, 6.07) is 2.64. The number of aromatic nitrogens is 4. The van der Waals surface area contributed by atoms with Crippen molar-refractivity contribution in [2.45, 2.75) is 95.0 Å². The molecule has 16 heteroatoms. The molecule has 5 atom stereocenters. The molecule has 2 aromatic heterocycles. The van der Waals surface area contributed by atoms with E-state index in [1.807, 2.05) is 23.6 Å². The number of nitrogens with one attached hydrogen (secondary N) is 2. The molecule has 2 fully saturated rings. The number of alkyl carbamates (subject to hydrolysis) is 1. The number of hydrogen-bond acceptors (Lipinski definition) is 10. The van der Waals surface area contributed by atoms with Gasteiger partial charge in [-0.15, -0.1) is 16.4 Å². The van der Waals surface area contributed by atoms with Crippen LogP contribution >= 0.6 is 22.9 Å². The molecule has 14 nitrogen and oxygen atoms in total. The number of thiazole rings is 1. The first kappa shape index (κ1) is 36.3. The maximum atomic E-state index is 14.4. The van der Waals surface area contributed by atoms with Crippen LogP contribution in [0.2, 0.25) is 5.02 Å². The van der Waals surface area contributed by atoms with Gasteiger partial charge < -0.3 is 30.1 Å². The lowest BCUT2D eigenvalue weighted by Gasteiger charge is -2.30. The van der Waals surface area contributed by atoms with E-state index in [-0.39, 0.29) is 25.3 Å². The predicted octanol–water partition coefficient (Wildman–Crippen LogP) is 5.25. The summed E-state index contributed by atoms with van der Waals surface area (Å²) in [6.07, 6.45) is 8.41. The van der Waals surface area contributed by atoms with Crippen molar-refractivity contribution < 1.29 is 33.8 Å². The van der Waals surface area contributed by atoms with Crippen LogP contribution in [-0.2, 0) is 19.1 Å². The molecule has 51 heavy (non-hydrogen) atoms.